The monoisotopic (exact) mass is 856 g/mol. The molecular formula is C49H60N8O6. The molecule has 1 aliphatic heterocycles. The van der Waals surface area contributed by atoms with E-state index in [1.54, 1.807) is 27.2 Å². The number of pyridine rings is 2. The Labute approximate surface area is 370 Å². The minimum atomic E-state index is -1.22. The number of alkyl carbamates (subject to hydrolysis) is 1. The third kappa shape index (κ3) is 12.0. The molecule has 1 saturated heterocycles. The van der Waals surface area contributed by atoms with Crippen molar-refractivity contribution in [3.63, 3.8) is 0 Å². The SMILES string of the molecule is CC[C@H](C)[C@@H](C(=O)N[C@@H](Cc1ccccc1)[C@@H](O)CN(Cc1ccc(-c2ccccn2)cc1)NC(=O)[C@@H](NC(=O)OC)C(C)(C)C)N1CCN(Cc2ccnc3ccccc23)C1=O. The molecular weight excluding hydrogens is 797 g/mol. The Bertz CT molecular complexity index is 2300. The molecule has 5 atom stereocenters. The molecule has 2 aromatic heterocycles. The van der Waals surface area contributed by atoms with Crippen molar-refractivity contribution in [3.8, 4) is 11.3 Å². The summed E-state index contributed by atoms with van der Waals surface area (Å²) in [6.07, 6.45) is 2.41. The molecule has 0 radical (unpaired) electrons. The van der Waals surface area contributed by atoms with Gasteiger partial charge in [-0.2, -0.15) is 0 Å². The zero-order chi connectivity index (χ0) is 45.1. The molecule has 4 N–H and O–H groups in total. The molecule has 1 fully saturated rings. The van der Waals surface area contributed by atoms with Crippen molar-refractivity contribution in [3.05, 3.63) is 132 Å². The summed E-state index contributed by atoms with van der Waals surface area (Å²) in [7, 11) is 1.23. The van der Waals surface area contributed by atoms with Crippen molar-refractivity contribution in [2.24, 2.45) is 11.3 Å². The van der Waals surface area contributed by atoms with E-state index >= 15 is 0 Å². The first kappa shape index (κ1) is 46.1. The second-order valence-electron chi connectivity index (χ2n) is 17.3. The molecule has 332 valence electrons. The van der Waals surface area contributed by atoms with Crippen molar-refractivity contribution in [1.29, 1.82) is 0 Å². The number of nitrogens with one attached hydrogen (secondary N) is 3. The number of aliphatic hydroxyl groups is 1. The Hall–Kier alpha value is -6.38. The zero-order valence-corrected chi connectivity index (χ0v) is 37.0. The fraction of sp³-hybridized carbons (Fsp3) is 0.388. The third-order valence-corrected chi connectivity index (χ3v) is 11.6. The van der Waals surface area contributed by atoms with E-state index in [-0.39, 0.29) is 37.4 Å². The van der Waals surface area contributed by atoms with Gasteiger partial charge in [0.2, 0.25) is 5.91 Å². The summed E-state index contributed by atoms with van der Waals surface area (Å²) < 4.78 is 4.84. The highest BCUT2D eigenvalue weighted by Crippen LogP contribution is 2.26. The number of aromatic nitrogens is 2. The van der Waals surface area contributed by atoms with Gasteiger partial charge >= 0.3 is 12.1 Å². The van der Waals surface area contributed by atoms with Crippen molar-refractivity contribution in [2.75, 3.05) is 26.7 Å². The van der Waals surface area contributed by atoms with Gasteiger partial charge < -0.3 is 30.3 Å². The lowest BCUT2D eigenvalue weighted by atomic mass is 9.86. The van der Waals surface area contributed by atoms with Gasteiger partial charge in [-0.3, -0.25) is 25.0 Å². The Morgan fingerprint density at radius 1 is 0.841 bits per heavy atom. The standard InChI is InChI=1S/C49H60N8O6/c1-7-33(2)43(57-28-27-55(48(57)62)31-37-24-26-51-40-19-12-11-17-38(37)40)45(59)52-41(29-34-15-9-8-10-16-34)42(58)32-56(54-46(60)44(49(3,4)5)53-47(61)63-6)30-35-20-22-36(23-21-35)39-18-13-14-25-50-39/h8-26,33,41-44,58H,7,27-32H2,1-6H3,(H,52,59)(H,53,61)(H,54,60)/t33-,41-,42-,43-,44+/m0/s1. The minimum Gasteiger partial charge on any atom is -0.453 e. The van der Waals surface area contributed by atoms with Crippen LogP contribution in [0.25, 0.3) is 22.2 Å². The molecule has 0 bridgehead atoms. The predicted molar refractivity (Wildman–Crippen MR) is 243 cm³/mol. The molecule has 63 heavy (non-hydrogen) atoms. The first-order chi connectivity index (χ1) is 30.2. The highest BCUT2D eigenvalue weighted by atomic mass is 16.5. The van der Waals surface area contributed by atoms with E-state index in [2.05, 4.69) is 26.0 Å². The predicted octanol–water partition coefficient (Wildman–Crippen LogP) is 6.34. The Kier molecular flexibility index (Phi) is 15.5. The molecule has 14 nitrogen and oxygen atoms in total. The van der Waals surface area contributed by atoms with Crippen LogP contribution in [0.1, 0.15) is 57.7 Å². The van der Waals surface area contributed by atoms with E-state index in [4.69, 9.17) is 4.74 Å². The van der Waals surface area contributed by atoms with E-state index in [9.17, 15) is 24.3 Å². The largest absolute Gasteiger partial charge is 0.453 e. The van der Waals surface area contributed by atoms with Gasteiger partial charge in [-0.15, -0.1) is 0 Å². The van der Waals surface area contributed by atoms with Crippen molar-refractivity contribution >= 4 is 34.8 Å². The maximum atomic E-state index is 14.7. The minimum absolute atomic E-state index is 0.106. The van der Waals surface area contributed by atoms with Crippen LogP contribution in [0.3, 0.4) is 0 Å². The summed E-state index contributed by atoms with van der Waals surface area (Å²) in [5.74, 6) is -1.08. The van der Waals surface area contributed by atoms with E-state index in [0.717, 1.165) is 38.9 Å². The first-order valence-corrected chi connectivity index (χ1v) is 21.6. The van der Waals surface area contributed by atoms with Gasteiger partial charge in [0, 0.05) is 56.1 Å². The number of aliphatic hydroxyl groups excluding tert-OH is 1. The van der Waals surface area contributed by atoms with Crippen molar-refractivity contribution in [1.82, 2.24) is 40.8 Å². The molecule has 3 aromatic carbocycles. The highest BCUT2D eigenvalue weighted by molar-refractivity contribution is 5.89. The number of hydrazine groups is 1. The number of urea groups is 1. The normalized spacial score (nSPS) is 15.4. The second-order valence-corrected chi connectivity index (χ2v) is 17.3. The Morgan fingerprint density at radius 2 is 1.56 bits per heavy atom. The van der Waals surface area contributed by atoms with E-state index in [1.165, 1.54) is 7.11 Å². The van der Waals surface area contributed by atoms with Crippen LogP contribution in [0.4, 0.5) is 9.59 Å². The number of hydrogen-bond acceptors (Lipinski definition) is 9. The number of fused-ring (bicyclic) bond motifs is 1. The van der Waals surface area contributed by atoms with Crippen LogP contribution in [-0.4, -0.2) is 105 Å². The van der Waals surface area contributed by atoms with Crippen LogP contribution >= 0.6 is 0 Å². The Morgan fingerprint density at radius 3 is 2.24 bits per heavy atom. The smallest absolute Gasteiger partial charge is 0.407 e. The van der Waals surface area contributed by atoms with Gasteiger partial charge in [0.15, 0.2) is 0 Å². The number of benzene rings is 3. The zero-order valence-electron chi connectivity index (χ0n) is 37.0. The van der Waals surface area contributed by atoms with Gasteiger partial charge in [-0.25, -0.2) is 14.6 Å². The number of amides is 5. The quantitative estimate of drug-likeness (QED) is 0.0735. The number of ether oxygens (including phenoxy) is 1. The fourth-order valence-electron chi connectivity index (χ4n) is 7.96. The number of nitrogens with zero attached hydrogens (tertiary/aromatic N) is 5. The summed E-state index contributed by atoms with van der Waals surface area (Å²) in [5, 5.41) is 20.6. The molecule has 0 saturated carbocycles. The van der Waals surface area contributed by atoms with Crippen molar-refractivity contribution in [2.45, 2.75) is 84.8 Å². The summed E-state index contributed by atoms with van der Waals surface area (Å²) in [6.45, 7) is 10.7. The van der Waals surface area contributed by atoms with Gasteiger partial charge in [-0.05, 0) is 58.7 Å². The van der Waals surface area contributed by atoms with Gasteiger partial charge in [0.25, 0.3) is 5.91 Å². The van der Waals surface area contributed by atoms with Crippen LogP contribution in [0.15, 0.2) is 116 Å². The first-order valence-electron chi connectivity index (χ1n) is 21.6. The third-order valence-electron chi connectivity index (χ3n) is 11.6. The molecule has 14 heteroatoms. The summed E-state index contributed by atoms with van der Waals surface area (Å²) in [4.78, 5) is 67.6. The maximum absolute atomic E-state index is 14.7. The average Bonchev–Trinajstić information content (AvgIpc) is 3.63. The lowest BCUT2D eigenvalue weighted by Crippen LogP contribution is -2.60. The average molecular weight is 857 g/mol. The number of methoxy groups -OCH3 is 1. The second kappa shape index (κ2) is 21.1. The van der Waals surface area contributed by atoms with Gasteiger partial charge in [0.1, 0.15) is 12.1 Å². The molecule has 5 amide bonds. The lowest BCUT2D eigenvalue weighted by Gasteiger charge is -2.36. The molecule has 5 aromatic rings. The van der Waals surface area contributed by atoms with Crippen LogP contribution < -0.4 is 16.1 Å². The number of carbonyl (C=O) groups excluding carboxylic acids is 4. The number of rotatable bonds is 18. The van der Waals surface area contributed by atoms with Crippen LogP contribution in [0, 0.1) is 11.3 Å². The topological polar surface area (TPSA) is 169 Å². The molecule has 3 heterocycles. The molecule has 0 aliphatic carbocycles. The lowest BCUT2D eigenvalue weighted by molar-refractivity contribution is -0.132. The maximum Gasteiger partial charge on any atom is 0.407 e. The summed E-state index contributed by atoms with van der Waals surface area (Å²) in [6, 6.07) is 29.9. The van der Waals surface area contributed by atoms with E-state index in [1.807, 2.05) is 138 Å². The number of para-hydroxylation sites is 1. The summed E-state index contributed by atoms with van der Waals surface area (Å²) >= 11 is 0. The van der Waals surface area contributed by atoms with Crippen LogP contribution in [0.2, 0.25) is 0 Å². The molecule has 0 unspecified atom stereocenters. The Balaban J connectivity index is 1.25. The van der Waals surface area contributed by atoms with Crippen LogP contribution in [0.5, 0.6) is 0 Å². The molecule has 0 spiro atoms. The van der Waals surface area contributed by atoms with Crippen LogP contribution in [-0.2, 0) is 33.8 Å². The molecule has 6 rings (SSSR count). The van der Waals surface area contributed by atoms with Gasteiger partial charge in [-0.1, -0.05) is 120 Å². The fourth-order valence-corrected chi connectivity index (χ4v) is 7.96. The number of carbonyl (C=O) groups is 4. The number of hydrogen-bond donors (Lipinski definition) is 4. The highest BCUT2D eigenvalue weighted by Gasteiger charge is 2.41. The van der Waals surface area contributed by atoms with Gasteiger partial charge in [0.05, 0.1) is 30.5 Å². The summed E-state index contributed by atoms with van der Waals surface area (Å²) in [5.41, 5.74) is 7.51. The van der Waals surface area contributed by atoms with Crippen molar-refractivity contribution < 1.29 is 29.0 Å². The molecule has 1 aliphatic rings. The van der Waals surface area contributed by atoms with E-state index in [0.29, 0.717) is 26.1 Å². The van der Waals surface area contributed by atoms with E-state index < -0.39 is 41.6 Å².